The number of amides is 1. The highest BCUT2D eigenvalue weighted by atomic mass is 32.2. The van der Waals surface area contributed by atoms with Gasteiger partial charge in [-0.05, 0) is 29.8 Å². The molecule has 1 heterocycles. The van der Waals surface area contributed by atoms with Gasteiger partial charge in [0.15, 0.2) is 6.61 Å². The molecule has 196 valence electrons. The lowest BCUT2D eigenvalue weighted by atomic mass is 10.1. The van der Waals surface area contributed by atoms with Crippen molar-refractivity contribution in [3.63, 3.8) is 0 Å². The minimum Gasteiger partial charge on any atom is -0.483 e. The number of nitrogens with one attached hydrogen (secondary N) is 1. The van der Waals surface area contributed by atoms with Crippen LogP contribution >= 0.6 is 0 Å². The normalized spacial score (nSPS) is 14.0. The van der Waals surface area contributed by atoms with Gasteiger partial charge in [-0.15, -0.1) is 0 Å². The average molecular weight is 524 g/mol. The number of morpholine rings is 1. The van der Waals surface area contributed by atoms with Crippen molar-refractivity contribution in [3.8, 4) is 16.9 Å². The van der Waals surface area contributed by atoms with E-state index in [4.69, 9.17) is 9.47 Å². The van der Waals surface area contributed by atoms with Crippen LogP contribution in [0.4, 0.5) is 11.4 Å². The van der Waals surface area contributed by atoms with Crippen molar-refractivity contribution in [3.05, 3.63) is 72.8 Å². The highest BCUT2D eigenvalue weighted by Gasteiger charge is 2.25. The Labute approximate surface area is 218 Å². The maximum Gasteiger partial charge on any atom is 0.262 e. The number of hydrogen-bond acceptors (Lipinski definition) is 6. The summed E-state index contributed by atoms with van der Waals surface area (Å²) in [4.78, 5) is 15.3. The van der Waals surface area contributed by atoms with Crippen LogP contribution in [0.1, 0.15) is 13.8 Å². The number of para-hydroxylation sites is 1. The summed E-state index contributed by atoms with van der Waals surface area (Å²) >= 11 is 0. The second-order valence-corrected chi connectivity index (χ2v) is 10.5. The Morgan fingerprint density at radius 3 is 2.35 bits per heavy atom. The summed E-state index contributed by atoms with van der Waals surface area (Å²) in [6, 6.07) is 22.3. The van der Waals surface area contributed by atoms with Gasteiger partial charge in [-0.1, -0.05) is 62.4 Å². The monoisotopic (exact) mass is 523 g/mol. The topological polar surface area (TPSA) is 88.2 Å². The van der Waals surface area contributed by atoms with E-state index in [2.05, 4.69) is 10.2 Å². The maximum absolute atomic E-state index is 13.2. The quantitative estimate of drug-likeness (QED) is 0.428. The SMILES string of the molecule is CCN(CC)S(=O)(=O)c1ccc(N2CCOCC2)c(NC(=O)COc2ccccc2-c2ccccc2)c1. The van der Waals surface area contributed by atoms with E-state index >= 15 is 0 Å². The Hall–Kier alpha value is -3.40. The Morgan fingerprint density at radius 2 is 1.65 bits per heavy atom. The molecule has 1 aliphatic heterocycles. The summed E-state index contributed by atoms with van der Waals surface area (Å²) in [6.07, 6.45) is 0. The zero-order valence-corrected chi connectivity index (χ0v) is 22.0. The van der Waals surface area contributed by atoms with E-state index < -0.39 is 10.0 Å². The molecule has 1 N–H and O–H groups in total. The molecule has 0 radical (unpaired) electrons. The molecular formula is C28H33N3O5S. The zero-order valence-electron chi connectivity index (χ0n) is 21.2. The number of ether oxygens (including phenoxy) is 2. The summed E-state index contributed by atoms with van der Waals surface area (Å²) < 4.78 is 39.1. The highest BCUT2D eigenvalue weighted by molar-refractivity contribution is 7.89. The van der Waals surface area contributed by atoms with Gasteiger partial charge in [0.05, 0.1) is 29.5 Å². The molecule has 0 aromatic heterocycles. The molecule has 0 saturated carbocycles. The van der Waals surface area contributed by atoms with Crippen molar-refractivity contribution in [2.75, 3.05) is 56.2 Å². The van der Waals surface area contributed by atoms with E-state index in [1.165, 1.54) is 10.4 Å². The fourth-order valence-corrected chi connectivity index (χ4v) is 5.83. The lowest BCUT2D eigenvalue weighted by Crippen LogP contribution is -2.37. The number of hydrogen-bond donors (Lipinski definition) is 1. The van der Waals surface area contributed by atoms with Crippen molar-refractivity contribution in [1.82, 2.24) is 4.31 Å². The van der Waals surface area contributed by atoms with Crippen LogP contribution in [0.5, 0.6) is 5.75 Å². The van der Waals surface area contributed by atoms with Gasteiger partial charge in [-0.2, -0.15) is 4.31 Å². The molecule has 4 rings (SSSR count). The summed E-state index contributed by atoms with van der Waals surface area (Å²) in [5.74, 6) is 0.213. The standard InChI is InChI=1S/C28H33N3O5S/c1-3-31(4-2)37(33,34)23-14-15-26(30-16-18-35-19-17-30)25(20-23)29-28(32)21-36-27-13-9-8-12-24(27)22-10-6-5-7-11-22/h5-15,20H,3-4,16-19,21H2,1-2H3,(H,29,32). The third-order valence-corrected chi connectivity index (χ3v) is 8.31. The number of carbonyl (C=O) groups excluding carboxylic acids is 1. The Morgan fingerprint density at radius 1 is 0.973 bits per heavy atom. The van der Waals surface area contributed by atoms with Crippen molar-refractivity contribution < 1.29 is 22.7 Å². The molecule has 1 amide bonds. The van der Waals surface area contributed by atoms with E-state index in [1.807, 2.05) is 54.6 Å². The first-order chi connectivity index (χ1) is 17.9. The van der Waals surface area contributed by atoms with Gasteiger partial charge in [-0.25, -0.2) is 8.42 Å². The minimum absolute atomic E-state index is 0.138. The molecule has 9 heteroatoms. The van der Waals surface area contributed by atoms with Gasteiger partial charge in [0, 0.05) is 31.7 Å². The van der Waals surface area contributed by atoms with Gasteiger partial charge >= 0.3 is 0 Å². The smallest absolute Gasteiger partial charge is 0.262 e. The number of rotatable bonds is 10. The van der Waals surface area contributed by atoms with Gasteiger partial charge in [0.1, 0.15) is 5.75 Å². The second kappa shape index (κ2) is 12.2. The largest absolute Gasteiger partial charge is 0.483 e. The Balaban J connectivity index is 1.57. The number of carbonyl (C=O) groups is 1. The van der Waals surface area contributed by atoms with Crippen molar-refractivity contribution >= 4 is 27.3 Å². The second-order valence-electron chi connectivity index (χ2n) is 8.57. The molecule has 3 aromatic rings. The Bertz CT molecular complexity index is 1300. The number of sulfonamides is 1. The van der Waals surface area contributed by atoms with Gasteiger partial charge in [0.2, 0.25) is 10.0 Å². The fourth-order valence-electron chi connectivity index (χ4n) is 4.35. The number of anilines is 2. The summed E-state index contributed by atoms with van der Waals surface area (Å²) in [5, 5.41) is 2.90. The predicted molar refractivity (Wildman–Crippen MR) is 146 cm³/mol. The van der Waals surface area contributed by atoms with Crippen LogP contribution in [0, 0.1) is 0 Å². The number of benzene rings is 3. The first-order valence-corrected chi connectivity index (χ1v) is 13.9. The molecule has 1 fully saturated rings. The van der Waals surface area contributed by atoms with Crippen LogP contribution in [0.2, 0.25) is 0 Å². The van der Waals surface area contributed by atoms with Crippen LogP contribution in [0.25, 0.3) is 11.1 Å². The number of nitrogens with zero attached hydrogens (tertiary/aromatic N) is 2. The highest BCUT2D eigenvalue weighted by Crippen LogP contribution is 2.32. The summed E-state index contributed by atoms with van der Waals surface area (Å²) in [7, 11) is -3.69. The molecule has 0 aliphatic carbocycles. The molecule has 0 atom stereocenters. The van der Waals surface area contributed by atoms with E-state index in [-0.39, 0.29) is 17.4 Å². The lowest BCUT2D eigenvalue weighted by molar-refractivity contribution is -0.118. The van der Waals surface area contributed by atoms with Crippen LogP contribution < -0.4 is 15.0 Å². The van der Waals surface area contributed by atoms with Crippen molar-refractivity contribution in [2.45, 2.75) is 18.7 Å². The molecule has 37 heavy (non-hydrogen) atoms. The summed E-state index contributed by atoms with van der Waals surface area (Å²) in [6.45, 7) is 6.52. The van der Waals surface area contributed by atoms with Gasteiger partial charge in [-0.3, -0.25) is 4.79 Å². The zero-order chi connectivity index (χ0) is 26.3. The van der Waals surface area contributed by atoms with Crippen molar-refractivity contribution in [2.24, 2.45) is 0 Å². The van der Waals surface area contributed by atoms with Crippen LogP contribution in [0.15, 0.2) is 77.7 Å². The van der Waals surface area contributed by atoms with Gasteiger partial charge in [0.25, 0.3) is 5.91 Å². The third-order valence-electron chi connectivity index (χ3n) is 6.27. The fraction of sp³-hybridized carbons (Fsp3) is 0.321. The predicted octanol–water partition coefficient (Wildman–Crippen LogP) is 4.24. The van der Waals surface area contributed by atoms with E-state index in [1.54, 1.807) is 26.0 Å². The van der Waals surface area contributed by atoms with Crippen LogP contribution in [-0.4, -0.2) is 64.6 Å². The first kappa shape index (κ1) is 26.7. The third kappa shape index (κ3) is 6.30. The van der Waals surface area contributed by atoms with Gasteiger partial charge < -0.3 is 19.7 Å². The van der Waals surface area contributed by atoms with Crippen LogP contribution in [0.3, 0.4) is 0 Å². The maximum atomic E-state index is 13.2. The molecule has 0 unspecified atom stereocenters. The molecule has 1 aliphatic rings. The van der Waals surface area contributed by atoms with Crippen LogP contribution in [-0.2, 0) is 19.6 Å². The van der Waals surface area contributed by atoms with E-state index in [9.17, 15) is 13.2 Å². The molecule has 1 saturated heterocycles. The minimum atomic E-state index is -3.69. The summed E-state index contributed by atoms with van der Waals surface area (Å²) in [5.41, 5.74) is 3.06. The lowest BCUT2D eigenvalue weighted by Gasteiger charge is -2.31. The molecule has 0 bridgehead atoms. The molecule has 3 aromatic carbocycles. The average Bonchev–Trinajstić information content (AvgIpc) is 2.93. The first-order valence-electron chi connectivity index (χ1n) is 12.5. The molecule has 0 spiro atoms. The van der Waals surface area contributed by atoms with Crippen molar-refractivity contribution in [1.29, 1.82) is 0 Å². The van der Waals surface area contributed by atoms with E-state index in [0.717, 1.165) is 16.8 Å². The molecule has 8 nitrogen and oxygen atoms in total. The Kier molecular flexibility index (Phi) is 8.81. The molecular weight excluding hydrogens is 490 g/mol. The van der Waals surface area contributed by atoms with E-state index in [0.29, 0.717) is 50.8 Å².